The van der Waals surface area contributed by atoms with Crippen molar-refractivity contribution in [1.29, 1.82) is 0 Å². The molecule has 0 amide bonds. The van der Waals surface area contributed by atoms with Crippen LogP contribution in [-0.4, -0.2) is 19.2 Å². The van der Waals surface area contributed by atoms with E-state index in [0.29, 0.717) is 0 Å². The molecule has 1 aromatic carbocycles. The molecule has 1 atom stereocenters. The molecule has 90 valence electrons. The van der Waals surface area contributed by atoms with Crippen LogP contribution in [0.3, 0.4) is 0 Å². The van der Waals surface area contributed by atoms with E-state index in [4.69, 9.17) is 4.74 Å². The van der Waals surface area contributed by atoms with Gasteiger partial charge in [-0.05, 0) is 40.3 Å². The first kappa shape index (κ1) is 13.2. The highest BCUT2D eigenvalue weighted by Gasteiger charge is 2.19. The topological polar surface area (TPSA) is 21.3 Å². The summed E-state index contributed by atoms with van der Waals surface area (Å²) in [5, 5.41) is 3.18. The summed E-state index contributed by atoms with van der Waals surface area (Å²) in [5.41, 5.74) is 2.39. The SMILES string of the molecule is CNC[C@H](OC(C)(C)C)c1cccc(C)c1. The van der Waals surface area contributed by atoms with Gasteiger partial charge in [0.15, 0.2) is 0 Å². The lowest BCUT2D eigenvalue weighted by Crippen LogP contribution is -2.28. The summed E-state index contributed by atoms with van der Waals surface area (Å²) >= 11 is 0. The summed E-state index contributed by atoms with van der Waals surface area (Å²) in [6.07, 6.45) is 0.116. The Hall–Kier alpha value is -0.860. The maximum absolute atomic E-state index is 6.06. The van der Waals surface area contributed by atoms with E-state index in [2.05, 4.69) is 57.3 Å². The van der Waals surface area contributed by atoms with Crippen LogP contribution in [0.1, 0.15) is 38.0 Å². The zero-order chi connectivity index (χ0) is 12.2. The Labute approximate surface area is 99.0 Å². The molecule has 1 rings (SSSR count). The van der Waals surface area contributed by atoms with Gasteiger partial charge in [0.2, 0.25) is 0 Å². The van der Waals surface area contributed by atoms with Crippen molar-refractivity contribution in [3.05, 3.63) is 35.4 Å². The lowest BCUT2D eigenvalue weighted by atomic mass is 10.1. The van der Waals surface area contributed by atoms with Gasteiger partial charge in [0.1, 0.15) is 0 Å². The van der Waals surface area contributed by atoms with E-state index in [-0.39, 0.29) is 11.7 Å². The molecule has 0 radical (unpaired) electrons. The number of likely N-dealkylation sites (N-methyl/N-ethyl adjacent to an activating group) is 1. The second kappa shape index (κ2) is 5.46. The molecule has 1 aromatic rings. The molecule has 0 aliphatic rings. The first-order valence-electron chi connectivity index (χ1n) is 5.81. The zero-order valence-electron chi connectivity index (χ0n) is 11.0. The van der Waals surface area contributed by atoms with Crippen LogP contribution < -0.4 is 5.32 Å². The van der Waals surface area contributed by atoms with Crippen LogP contribution in [0.5, 0.6) is 0 Å². The first-order chi connectivity index (χ1) is 7.42. The molecule has 2 nitrogen and oxygen atoms in total. The Bertz CT molecular complexity index is 328. The van der Waals surface area contributed by atoms with Crippen molar-refractivity contribution < 1.29 is 4.74 Å². The van der Waals surface area contributed by atoms with E-state index in [0.717, 1.165) is 6.54 Å². The summed E-state index contributed by atoms with van der Waals surface area (Å²) in [6.45, 7) is 9.21. The smallest absolute Gasteiger partial charge is 0.0956 e. The van der Waals surface area contributed by atoms with Crippen LogP contribution in [-0.2, 0) is 4.74 Å². The summed E-state index contributed by atoms with van der Waals surface area (Å²) in [4.78, 5) is 0. The first-order valence-corrected chi connectivity index (χ1v) is 5.81. The molecular formula is C14H23NO. The van der Waals surface area contributed by atoms with Crippen molar-refractivity contribution >= 4 is 0 Å². The predicted octanol–water partition coefficient (Wildman–Crippen LogP) is 3.07. The number of rotatable bonds is 4. The molecule has 0 bridgehead atoms. The fourth-order valence-corrected chi connectivity index (χ4v) is 1.71. The van der Waals surface area contributed by atoms with Gasteiger partial charge in [-0.25, -0.2) is 0 Å². The maximum atomic E-state index is 6.06. The molecule has 0 aliphatic carbocycles. The summed E-state index contributed by atoms with van der Waals surface area (Å²) < 4.78 is 6.06. The van der Waals surface area contributed by atoms with E-state index in [1.165, 1.54) is 11.1 Å². The molecular weight excluding hydrogens is 198 g/mol. The van der Waals surface area contributed by atoms with E-state index >= 15 is 0 Å². The zero-order valence-corrected chi connectivity index (χ0v) is 11.0. The summed E-state index contributed by atoms with van der Waals surface area (Å²) in [5.74, 6) is 0. The van der Waals surface area contributed by atoms with E-state index in [1.54, 1.807) is 0 Å². The summed E-state index contributed by atoms with van der Waals surface area (Å²) in [7, 11) is 1.95. The molecule has 1 N–H and O–H groups in total. The largest absolute Gasteiger partial charge is 0.367 e. The van der Waals surface area contributed by atoms with Crippen molar-refractivity contribution in [1.82, 2.24) is 5.32 Å². The molecule has 0 fully saturated rings. The molecule has 0 heterocycles. The highest BCUT2D eigenvalue weighted by Crippen LogP contribution is 2.23. The lowest BCUT2D eigenvalue weighted by Gasteiger charge is -2.28. The van der Waals surface area contributed by atoms with Gasteiger partial charge in [-0.15, -0.1) is 0 Å². The molecule has 0 spiro atoms. The Kier molecular flexibility index (Phi) is 4.51. The monoisotopic (exact) mass is 221 g/mol. The second-order valence-electron chi connectivity index (χ2n) is 5.19. The molecule has 0 aliphatic heterocycles. The molecule has 2 heteroatoms. The van der Waals surface area contributed by atoms with Crippen LogP contribution in [0.25, 0.3) is 0 Å². The van der Waals surface area contributed by atoms with Crippen molar-refractivity contribution in [3.8, 4) is 0 Å². The number of hydrogen-bond acceptors (Lipinski definition) is 2. The minimum Gasteiger partial charge on any atom is -0.367 e. The highest BCUT2D eigenvalue weighted by atomic mass is 16.5. The highest BCUT2D eigenvalue weighted by molar-refractivity contribution is 5.24. The maximum Gasteiger partial charge on any atom is 0.0956 e. The lowest BCUT2D eigenvalue weighted by molar-refractivity contribution is -0.0599. The third-order valence-electron chi connectivity index (χ3n) is 2.30. The van der Waals surface area contributed by atoms with Gasteiger partial charge in [0.25, 0.3) is 0 Å². The van der Waals surface area contributed by atoms with Gasteiger partial charge in [0, 0.05) is 6.54 Å². The van der Waals surface area contributed by atoms with Crippen LogP contribution in [0.4, 0.5) is 0 Å². The van der Waals surface area contributed by atoms with E-state index in [9.17, 15) is 0 Å². The van der Waals surface area contributed by atoms with Crippen LogP contribution >= 0.6 is 0 Å². The number of benzene rings is 1. The quantitative estimate of drug-likeness (QED) is 0.843. The normalized spacial score (nSPS) is 13.8. The van der Waals surface area contributed by atoms with Crippen LogP contribution in [0, 0.1) is 6.92 Å². The van der Waals surface area contributed by atoms with Gasteiger partial charge in [-0.2, -0.15) is 0 Å². The van der Waals surface area contributed by atoms with Gasteiger partial charge >= 0.3 is 0 Å². The molecule has 0 saturated carbocycles. The minimum atomic E-state index is -0.120. The molecule has 0 unspecified atom stereocenters. The van der Waals surface area contributed by atoms with Crippen molar-refractivity contribution in [2.45, 2.75) is 39.4 Å². The minimum absolute atomic E-state index is 0.116. The average Bonchev–Trinajstić information content (AvgIpc) is 2.15. The van der Waals surface area contributed by atoms with Crippen molar-refractivity contribution in [2.24, 2.45) is 0 Å². The molecule has 0 saturated heterocycles. The van der Waals surface area contributed by atoms with Crippen molar-refractivity contribution in [2.75, 3.05) is 13.6 Å². The van der Waals surface area contributed by atoms with Crippen LogP contribution in [0.2, 0.25) is 0 Å². The number of nitrogens with one attached hydrogen (secondary N) is 1. The van der Waals surface area contributed by atoms with Crippen LogP contribution in [0.15, 0.2) is 24.3 Å². The van der Waals surface area contributed by atoms with Gasteiger partial charge in [-0.3, -0.25) is 0 Å². The van der Waals surface area contributed by atoms with Gasteiger partial charge < -0.3 is 10.1 Å². The standard InChI is InChI=1S/C14H23NO/c1-11-7-6-8-12(9-11)13(10-15-5)16-14(2,3)4/h6-9,13,15H,10H2,1-5H3/t13-/m0/s1. The Morgan fingerprint density at radius 3 is 2.50 bits per heavy atom. The fourth-order valence-electron chi connectivity index (χ4n) is 1.71. The van der Waals surface area contributed by atoms with Gasteiger partial charge in [-0.1, -0.05) is 29.8 Å². The Balaban J connectivity index is 2.85. The fraction of sp³-hybridized carbons (Fsp3) is 0.571. The molecule has 0 aromatic heterocycles. The molecule has 16 heavy (non-hydrogen) atoms. The van der Waals surface area contributed by atoms with Gasteiger partial charge in [0.05, 0.1) is 11.7 Å². The number of aryl methyl sites for hydroxylation is 1. The Morgan fingerprint density at radius 1 is 1.31 bits per heavy atom. The summed E-state index contributed by atoms with van der Waals surface area (Å²) in [6, 6.07) is 8.50. The number of ether oxygens (including phenoxy) is 1. The average molecular weight is 221 g/mol. The third-order valence-corrected chi connectivity index (χ3v) is 2.30. The third kappa shape index (κ3) is 4.33. The van der Waals surface area contributed by atoms with E-state index in [1.807, 2.05) is 7.05 Å². The van der Waals surface area contributed by atoms with Crippen molar-refractivity contribution in [3.63, 3.8) is 0 Å². The predicted molar refractivity (Wildman–Crippen MR) is 68.7 cm³/mol. The van der Waals surface area contributed by atoms with E-state index < -0.39 is 0 Å². The Morgan fingerprint density at radius 2 is 2.00 bits per heavy atom. The number of hydrogen-bond donors (Lipinski definition) is 1. The second-order valence-corrected chi connectivity index (χ2v) is 5.19.